The Balaban J connectivity index is 2.34. The van der Waals surface area contributed by atoms with Crippen LogP contribution in [0.15, 0.2) is 24.5 Å². The predicted octanol–water partition coefficient (Wildman–Crippen LogP) is 2.99. The van der Waals surface area contributed by atoms with Gasteiger partial charge in [0.2, 0.25) is 0 Å². The smallest absolute Gasteiger partial charge is 0.0428 e. The second-order valence-corrected chi connectivity index (χ2v) is 4.23. The van der Waals surface area contributed by atoms with E-state index in [9.17, 15) is 0 Å². The van der Waals surface area contributed by atoms with Crippen molar-refractivity contribution in [3.05, 3.63) is 30.1 Å². The zero-order valence-corrected chi connectivity index (χ0v) is 10.9. The third-order valence-corrected chi connectivity index (χ3v) is 2.81. The van der Waals surface area contributed by atoms with Crippen molar-refractivity contribution >= 4 is 0 Å². The molecule has 0 amide bonds. The van der Waals surface area contributed by atoms with Crippen LogP contribution in [0.3, 0.4) is 0 Å². The third-order valence-electron chi connectivity index (χ3n) is 2.81. The van der Waals surface area contributed by atoms with Gasteiger partial charge in [-0.05, 0) is 25.6 Å². The van der Waals surface area contributed by atoms with Gasteiger partial charge in [0, 0.05) is 30.4 Å². The van der Waals surface area contributed by atoms with E-state index in [4.69, 9.17) is 0 Å². The molecule has 0 saturated carbocycles. The van der Waals surface area contributed by atoms with Crippen LogP contribution in [0.2, 0.25) is 0 Å². The van der Waals surface area contributed by atoms with Crippen LogP contribution in [0.5, 0.6) is 0 Å². The van der Waals surface area contributed by atoms with Gasteiger partial charge in [0.25, 0.3) is 0 Å². The lowest BCUT2D eigenvalue weighted by atomic mass is 10.1. The highest BCUT2D eigenvalue weighted by atomic mass is 14.9. The molecular weight excluding hydrogens is 208 g/mol. The number of unbranched alkanes of at least 4 members (excludes halogenated alkanes) is 2. The zero-order chi connectivity index (χ0) is 12.3. The van der Waals surface area contributed by atoms with Gasteiger partial charge in [-0.2, -0.15) is 0 Å². The molecule has 1 aromatic heterocycles. The van der Waals surface area contributed by atoms with E-state index in [-0.39, 0.29) is 0 Å². The molecule has 0 aliphatic heterocycles. The number of rotatable bonds is 6. The van der Waals surface area contributed by atoms with Crippen LogP contribution in [0.25, 0.3) is 0 Å². The molecule has 1 rings (SSSR count). The second-order valence-electron chi connectivity index (χ2n) is 4.23. The first-order valence-corrected chi connectivity index (χ1v) is 6.43. The summed E-state index contributed by atoms with van der Waals surface area (Å²) in [5, 5.41) is 3.33. The molecule has 1 N–H and O–H groups in total. The van der Waals surface area contributed by atoms with Gasteiger partial charge in [0.1, 0.15) is 0 Å². The minimum atomic E-state index is 0.519. The first-order valence-electron chi connectivity index (χ1n) is 6.43. The normalized spacial score (nSPS) is 11.6. The second kappa shape index (κ2) is 8.78. The van der Waals surface area contributed by atoms with Crippen LogP contribution in [-0.2, 0) is 0 Å². The van der Waals surface area contributed by atoms with Crippen LogP contribution < -0.4 is 5.32 Å². The largest absolute Gasteiger partial charge is 0.316 e. The molecule has 2 nitrogen and oxygen atoms in total. The number of nitrogens with one attached hydrogen (secondary N) is 1. The van der Waals surface area contributed by atoms with Gasteiger partial charge in [0.15, 0.2) is 0 Å². The van der Waals surface area contributed by atoms with Gasteiger partial charge in [-0.25, -0.2) is 0 Å². The van der Waals surface area contributed by atoms with E-state index >= 15 is 0 Å². The molecular formula is C15H22N2. The monoisotopic (exact) mass is 230 g/mol. The van der Waals surface area contributed by atoms with Crippen LogP contribution in [0.1, 0.15) is 44.6 Å². The van der Waals surface area contributed by atoms with Crippen molar-refractivity contribution < 1.29 is 0 Å². The minimum Gasteiger partial charge on any atom is -0.316 e. The fourth-order valence-electron chi connectivity index (χ4n) is 1.70. The number of aromatic nitrogens is 1. The maximum absolute atomic E-state index is 4.05. The number of pyridine rings is 1. The number of hydrogen-bond donors (Lipinski definition) is 1. The van der Waals surface area contributed by atoms with Gasteiger partial charge < -0.3 is 5.32 Å². The average Bonchev–Trinajstić information content (AvgIpc) is 2.38. The molecule has 1 aromatic rings. The molecule has 0 saturated heterocycles. The lowest BCUT2D eigenvalue weighted by molar-refractivity contribution is 0.501. The fourth-order valence-corrected chi connectivity index (χ4v) is 1.70. The maximum atomic E-state index is 4.05. The zero-order valence-electron chi connectivity index (χ0n) is 10.9. The fraction of sp³-hybridized carbons (Fsp3) is 0.533. The molecule has 0 spiro atoms. The molecule has 0 aliphatic rings. The summed E-state index contributed by atoms with van der Waals surface area (Å²) >= 11 is 0. The molecule has 0 aromatic carbocycles. The number of hydrogen-bond acceptors (Lipinski definition) is 2. The van der Waals surface area contributed by atoms with E-state index in [1.165, 1.54) is 25.7 Å². The van der Waals surface area contributed by atoms with Crippen molar-refractivity contribution in [2.75, 3.05) is 7.05 Å². The van der Waals surface area contributed by atoms with Crippen LogP contribution in [0.4, 0.5) is 0 Å². The Bertz CT molecular complexity index is 348. The average molecular weight is 230 g/mol. The van der Waals surface area contributed by atoms with Crippen LogP contribution >= 0.6 is 0 Å². The molecule has 17 heavy (non-hydrogen) atoms. The third kappa shape index (κ3) is 6.09. The van der Waals surface area contributed by atoms with Crippen molar-refractivity contribution in [1.82, 2.24) is 10.3 Å². The van der Waals surface area contributed by atoms with Gasteiger partial charge in [0.05, 0.1) is 0 Å². The Hall–Kier alpha value is -1.33. The minimum absolute atomic E-state index is 0.519. The highest BCUT2D eigenvalue weighted by molar-refractivity contribution is 5.31. The van der Waals surface area contributed by atoms with Gasteiger partial charge >= 0.3 is 0 Å². The summed E-state index contributed by atoms with van der Waals surface area (Å²) in [6, 6.07) is 4.43. The van der Waals surface area contributed by atoms with Crippen molar-refractivity contribution in [2.24, 2.45) is 0 Å². The molecule has 2 heteroatoms. The first-order chi connectivity index (χ1) is 8.36. The Kier molecular flexibility index (Phi) is 7.09. The molecule has 0 aliphatic carbocycles. The van der Waals surface area contributed by atoms with Crippen molar-refractivity contribution in [3.63, 3.8) is 0 Å². The number of nitrogens with zero attached hydrogens (tertiary/aromatic N) is 1. The summed E-state index contributed by atoms with van der Waals surface area (Å²) in [5.41, 5.74) is 0.996. The highest BCUT2D eigenvalue weighted by Gasteiger charge is 2.02. The van der Waals surface area contributed by atoms with E-state index < -0.39 is 0 Å². The van der Waals surface area contributed by atoms with Gasteiger partial charge in [-0.3, -0.25) is 4.98 Å². The Morgan fingerprint density at radius 1 is 1.41 bits per heavy atom. The van der Waals surface area contributed by atoms with Crippen molar-refractivity contribution in [1.29, 1.82) is 0 Å². The maximum Gasteiger partial charge on any atom is 0.0428 e. The molecule has 0 fully saturated rings. The molecule has 92 valence electrons. The standard InChI is InChI=1S/C15H22N2/c1-3-4-5-10-15(16-2)11-6-8-14-9-7-12-17-13-14/h7,9,12-13,15-16H,3-5,10-11H2,1-2H3. The molecule has 1 heterocycles. The summed E-state index contributed by atoms with van der Waals surface area (Å²) in [6.45, 7) is 2.23. The van der Waals surface area contributed by atoms with E-state index in [1.54, 1.807) is 12.4 Å². The Morgan fingerprint density at radius 3 is 2.94 bits per heavy atom. The van der Waals surface area contributed by atoms with Gasteiger partial charge in [-0.15, -0.1) is 0 Å². The SMILES string of the molecule is CCCCCC(CC#Cc1cccnc1)NC. The van der Waals surface area contributed by atoms with E-state index in [1.807, 2.05) is 19.2 Å². The summed E-state index contributed by atoms with van der Waals surface area (Å²) in [7, 11) is 2.02. The van der Waals surface area contributed by atoms with Crippen LogP contribution in [-0.4, -0.2) is 18.1 Å². The summed E-state index contributed by atoms with van der Waals surface area (Å²) in [5.74, 6) is 6.37. The predicted molar refractivity (Wildman–Crippen MR) is 72.7 cm³/mol. The van der Waals surface area contributed by atoms with Crippen molar-refractivity contribution in [2.45, 2.75) is 45.1 Å². The highest BCUT2D eigenvalue weighted by Crippen LogP contribution is 2.05. The summed E-state index contributed by atoms with van der Waals surface area (Å²) in [6.07, 6.45) is 9.58. The van der Waals surface area contributed by atoms with E-state index in [2.05, 4.69) is 29.1 Å². The molecule has 1 unspecified atom stereocenters. The van der Waals surface area contributed by atoms with E-state index in [0.717, 1.165) is 12.0 Å². The topological polar surface area (TPSA) is 24.9 Å². The lowest BCUT2D eigenvalue weighted by Crippen LogP contribution is -2.24. The molecule has 0 bridgehead atoms. The molecule has 0 radical (unpaired) electrons. The molecule has 1 atom stereocenters. The van der Waals surface area contributed by atoms with Crippen LogP contribution in [0, 0.1) is 11.8 Å². The lowest BCUT2D eigenvalue weighted by Gasteiger charge is -2.12. The van der Waals surface area contributed by atoms with Gasteiger partial charge in [-0.1, -0.05) is 38.0 Å². The van der Waals surface area contributed by atoms with E-state index in [0.29, 0.717) is 6.04 Å². The summed E-state index contributed by atoms with van der Waals surface area (Å²) < 4.78 is 0. The summed E-state index contributed by atoms with van der Waals surface area (Å²) in [4.78, 5) is 4.05. The Labute approximate surface area is 105 Å². The first kappa shape index (κ1) is 13.7. The van der Waals surface area contributed by atoms with Crippen molar-refractivity contribution in [3.8, 4) is 11.8 Å². The quantitative estimate of drug-likeness (QED) is 0.600. The Morgan fingerprint density at radius 2 is 2.29 bits per heavy atom.